The van der Waals surface area contributed by atoms with E-state index in [1.807, 2.05) is 0 Å². The Bertz CT molecular complexity index is 1490. The van der Waals surface area contributed by atoms with Crippen LogP contribution in [0, 0.1) is 17.3 Å². The van der Waals surface area contributed by atoms with Crippen LogP contribution < -0.4 is 9.56 Å². The van der Waals surface area contributed by atoms with Gasteiger partial charge in [0.2, 0.25) is 18.3 Å². The summed E-state index contributed by atoms with van der Waals surface area (Å²) in [6.45, 7) is 13.6. The Balaban J connectivity index is 1.33. The molecule has 0 aromatic heterocycles. The molecule has 3 unspecified atom stereocenters. The lowest BCUT2D eigenvalue weighted by atomic mass is 9.55. The molecule has 10 heteroatoms. The second kappa shape index (κ2) is 10.5. The largest absolute Gasteiger partial charge is 0.543 e. The molecule has 2 fully saturated rings. The number of nitrogens with two attached hydrogens (primary N) is 1. The summed E-state index contributed by atoms with van der Waals surface area (Å²) in [5.41, 5.74) is 2.68. The lowest BCUT2D eigenvalue weighted by molar-refractivity contribution is -0.0427. The Morgan fingerprint density at radius 3 is 2.41 bits per heavy atom. The fourth-order valence-electron chi connectivity index (χ4n) is 7.31. The number of rotatable bonds is 5. The first-order valence-corrected chi connectivity index (χ1v) is 19.7. The van der Waals surface area contributed by atoms with Gasteiger partial charge in [-0.15, -0.1) is 0 Å². The monoisotopic (exact) mass is 637 g/mol. The van der Waals surface area contributed by atoms with E-state index in [2.05, 4.69) is 59.0 Å². The Morgan fingerprint density at radius 1 is 1.05 bits per heavy atom. The van der Waals surface area contributed by atoms with Crippen molar-refractivity contribution in [1.82, 2.24) is 0 Å². The second-order valence-corrected chi connectivity index (χ2v) is 21.0. The van der Waals surface area contributed by atoms with E-state index in [-0.39, 0.29) is 37.1 Å². The lowest BCUT2D eigenvalue weighted by Crippen LogP contribution is -2.45. The van der Waals surface area contributed by atoms with E-state index < -0.39 is 24.3 Å². The van der Waals surface area contributed by atoms with Gasteiger partial charge in [-0.05, 0) is 110 Å². The van der Waals surface area contributed by atoms with Gasteiger partial charge in [0.25, 0.3) is 0 Å². The zero-order chi connectivity index (χ0) is 30.1. The third kappa shape index (κ3) is 5.60. The van der Waals surface area contributed by atoms with E-state index in [9.17, 15) is 13.2 Å². The van der Waals surface area contributed by atoms with Crippen molar-refractivity contribution < 1.29 is 22.4 Å². The van der Waals surface area contributed by atoms with Crippen LogP contribution in [-0.4, -0.2) is 28.8 Å². The first-order valence-electron chi connectivity index (χ1n) is 14.5. The SMILES string of the molecule is CC(C)(C)[Si](C)(C)Oc1ccc2c(c1)CCC1C2CC[C@@]2(C)C1CC[C@@H]2OC(=O)c1cc(S(N)(=O)=O)c(Cl)cc1Cl. The molecule has 0 heterocycles. The summed E-state index contributed by atoms with van der Waals surface area (Å²) in [5, 5.41) is 5.34. The van der Waals surface area contributed by atoms with Crippen molar-refractivity contribution >= 4 is 47.5 Å². The molecule has 224 valence electrons. The van der Waals surface area contributed by atoms with Crippen molar-refractivity contribution in [1.29, 1.82) is 0 Å². The van der Waals surface area contributed by atoms with Gasteiger partial charge in [0, 0.05) is 5.41 Å². The number of esters is 1. The summed E-state index contributed by atoms with van der Waals surface area (Å²) >= 11 is 12.3. The fraction of sp³-hybridized carbons (Fsp3) is 0.581. The number of sulfonamides is 1. The van der Waals surface area contributed by atoms with Gasteiger partial charge < -0.3 is 9.16 Å². The van der Waals surface area contributed by atoms with Crippen LogP contribution in [0.5, 0.6) is 5.75 Å². The van der Waals surface area contributed by atoms with Crippen LogP contribution in [0.2, 0.25) is 28.2 Å². The average Bonchev–Trinajstić information content (AvgIpc) is 3.18. The molecule has 3 aliphatic rings. The Labute approximate surface area is 255 Å². The quantitative estimate of drug-likeness (QED) is 0.264. The summed E-state index contributed by atoms with van der Waals surface area (Å²) in [7, 11) is -6.04. The first kappa shape index (κ1) is 30.9. The van der Waals surface area contributed by atoms with Crippen LogP contribution in [-0.2, 0) is 21.2 Å². The molecule has 2 saturated carbocycles. The minimum absolute atomic E-state index is 0.0385. The molecule has 5 rings (SSSR count). The fourth-order valence-corrected chi connectivity index (χ4v) is 9.73. The number of carbonyl (C=O) groups excluding carboxylic acids is 1. The Morgan fingerprint density at radius 2 is 1.76 bits per heavy atom. The number of primary sulfonamides is 1. The molecule has 2 aromatic carbocycles. The van der Waals surface area contributed by atoms with E-state index in [0.717, 1.165) is 50.3 Å². The van der Waals surface area contributed by atoms with Crippen LogP contribution in [0.15, 0.2) is 35.2 Å². The maximum absolute atomic E-state index is 13.3. The number of hydrogen-bond acceptors (Lipinski definition) is 5. The molecule has 0 radical (unpaired) electrons. The highest BCUT2D eigenvalue weighted by atomic mass is 35.5. The van der Waals surface area contributed by atoms with Gasteiger partial charge in [-0.3, -0.25) is 0 Å². The van der Waals surface area contributed by atoms with Crippen molar-refractivity contribution in [2.45, 2.75) is 101 Å². The van der Waals surface area contributed by atoms with E-state index in [0.29, 0.717) is 17.8 Å². The Kier molecular flexibility index (Phi) is 7.94. The van der Waals surface area contributed by atoms with Crippen LogP contribution in [0.4, 0.5) is 0 Å². The molecule has 2 N–H and O–H groups in total. The minimum Gasteiger partial charge on any atom is -0.543 e. The molecular formula is C31H41Cl2NO5SSi. The molecule has 0 amide bonds. The summed E-state index contributed by atoms with van der Waals surface area (Å²) in [6.07, 6.45) is 5.63. The van der Waals surface area contributed by atoms with E-state index in [1.165, 1.54) is 17.2 Å². The average molecular weight is 639 g/mol. The van der Waals surface area contributed by atoms with Gasteiger partial charge in [0.05, 0.1) is 15.6 Å². The van der Waals surface area contributed by atoms with Crippen molar-refractivity contribution in [3.63, 3.8) is 0 Å². The van der Waals surface area contributed by atoms with E-state index in [1.54, 1.807) is 0 Å². The maximum Gasteiger partial charge on any atom is 0.339 e. The topological polar surface area (TPSA) is 95.7 Å². The van der Waals surface area contributed by atoms with Crippen molar-refractivity contribution in [3.05, 3.63) is 57.1 Å². The van der Waals surface area contributed by atoms with Gasteiger partial charge in [-0.25, -0.2) is 18.4 Å². The second-order valence-electron chi connectivity index (χ2n) is 14.0. The highest BCUT2D eigenvalue weighted by molar-refractivity contribution is 7.89. The number of aryl methyl sites for hydroxylation is 1. The summed E-state index contributed by atoms with van der Waals surface area (Å²) in [5.74, 6) is 1.82. The summed E-state index contributed by atoms with van der Waals surface area (Å²) in [6, 6.07) is 9.10. The molecular weight excluding hydrogens is 597 g/mol. The van der Waals surface area contributed by atoms with Crippen LogP contribution in [0.25, 0.3) is 0 Å². The van der Waals surface area contributed by atoms with Crippen LogP contribution >= 0.6 is 23.2 Å². The number of benzene rings is 2. The number of ether oxygens (including phenoxy) is 1. The third-order valence-corrected chi connectivity index (χ3v) is 16.6. The molecule has 0 aliphatic heterocycles. The van der Waals surface area contributed by atoms with Gasteiger partial charge in [-0.1, -0.05) is 57.0 Å². The van der Waals surface area contributed by atoms with Crippen molar-refractivity contribution in [3.8, 4) is 5.75 Å². The highest BCUT2D eigenvalue weighted by Crippen LogP contribution is 2.61. The molecule has 0 saturated heterocycles. The smallest absolute Gasteiger partial charge is 0.339 e. The molecule has 0 spiro atoms. The zero-order valence-corrected chi connectivity index (χ0v) is 28.0. The summed E-state index contributed by atoms with van der Waals surface area (Å²) < 4.78 is 36.6. The standard InChI is InChI=1S/C31H41Cl2NO5SSi/c1-30(2,3)41(5,6)39-19-8-10-20-18(15-19)7-9-22-21(20)13-14-31(4)24(22)11-12-28(31)38-29(35)23-16-27(40(34,36)37)26(33)17-25(23)32/h8,10,15-17,21-22,24,28H,7,9,11-14H2,1-6H3,(H2,34,36,37)/t21?,22?,24?,28-,31-/m0/s1. The van der Waals surface area contributed by atoms with Crippen molar-refractivity contribution in [2.75, 3.05) is 0 Å². The third-order valence-electron chi connectivity index (χ3n) is 10.6. The molecule has 3 aliphatic carbocycles. The summed E-state index contributed by atoms with van der Waals surface area (Å²) in [4.78, 5) is 12.9. The van der Waals surface area contributed by atoms with Crippen molar-refractivity contribution in [2.24, 2.45) is 22.4 Å². The predicted molar refractivity (Wildman–Crippen MR) is 166 cm³/mol. The molecule has 5 atom stereocenters. The zero-order valence-electron chi connectivity index (χ0n) is 24.7. The van der Waals surface area contributed by atoms with Crippen LogP contribution in [0.1, 0.15) is 87.2 Å². The number of hydrogen-bond donors (Lipinski definition) is 1. The molecule has 41 heavy (non-hydrogen) atoms. The highest BCUT2D eigenvalue weighted by Gasteiger charge is 2.56. The van der Waals surface area contributed by atoms with Gasteiger partial charge in [0.15, 0.2) is 0 Å². The maximum atomic E-state index is 13.3. The van der Waals surface area contributed by atoms with E-state index in [4.69, 9.17) is 37.5 Å². The van der Waals surface area contributed by atoms with Gasteiger partial charge >= 0.3 is 5.97 Å². The number of fused-ring (bicyclic) bond motifs is 5. The number of carbonyl (C=O) groups is 1. The Hall–Kier alpha value is -1.58. The number of halogens is 2. The van der Waals surface area contributed by atoms with Crippen LogP contribution in [0.3, 0.4) is 0 Å². The molecule has 2 aromatic rings. The normalized spacial score (nSPS) is 27.9. The predicted octanol–water partition coefficient (Wildman–Crippen LogP) is 8.11. The molecule has 0 bridgehead atoms. The lowest BCUT2D eigenvalue weighted by Gasteiger charge is -2.50. The van der Waals surface area contributed by atoms with E-state index >= 15 is 0 Å². The minimum atomic E-state index is -4.13. The van der Waals surface area contributed by atoms with Gasteiger partial charge in [-0.2, -0.15) is 0 Å². The van der Waals surface area contributed by atoms with Gasteiger partial charge in [0.1, 0.15) is 16.7 Å². The first-order chi connectivity index (χ1) is 18.9. The molecule has 6 nitrogen and oxygen atoms in total.